The van der Waals surface area contributed by atoms with Gasteiger partial charge in [-0.1, -0.05) is 32.6 Å². The van der Waals surface area contributed by atoms with Gasteiger partial charge < -0.3 is 14.6 Å². The van der Waals surface area contributed by atoms with Gasteiger partial charge in [0.05, 0.1) is 6.10 Å². The average Bonchev–Trinajstić information content (AvgIpc) is 2.90. The van der Waals surface area contributed by atoms with Crippen LogP contribution in [-0.4, -0.2) is 34.5 Å². The van der Waals surface area contributed by atoms with Gasteiger partial charge in [-0.2, -0.15) is 0 Å². The molecule has 2 rings (SSSR count). The summed E-state index contributed by atoms with van der Waals surface area (Å²) in [6.45, 7) is 3.42. The van der Waals surface area contributed by atoms with Crippen LogP contribution in [0.4, 0.5) is 8.78 Å². The van der Waals surface area contributed by atoms with Crippen LogP contribution >= 0.6 is 0 Å². The number of carbonyl (C=O) groups excluding carboxylic acids is 2. The predicted molar refractivity (Wildman–Crippen MR) is 98.5 cm³/mol. The Balaban J connectivity index is 1.84. The molecule has 1 aliphatic carbocycles. The highest BCUT2D eigenvalue weighted by atomic mass is 19.3. The fourth-order valence-corrected chi connectivity index (χ4v) is 4.52. The lowest BCUT2D eigenvalue weighted by Gasteiger charge is -2.43. The molecule has 0 unspecified atom stereocenters. The van der Waals surface area contributed by atoms with Gasteiger partial charge in [0.25, 0.3) is 0 Å². The summed E-state index contributed by atoms with van der Waals surface area (Å²) in [5, 5.41) is 10.5. The number of unbranched alkanes of at least 4 members (excludes halogenated alkanes) is 4. The van der Waals surface area contributed by atoms with Crippen molar-refractivity contribution in [2.45, 2.75) is 109 Å². The van der Waals surface area contributed by atoms with Crippen molar-refractivity contribution in [1.29, 1.82) is 0 Å². The van der Waals surface area contributed by atoms with E-state index in [4.69, 9.17) is 4.74 Å². The van der Waals surface area contributed by atoms with Gasteiger partial charge in [0, 0.05) is 31.6 Å². The van der Waals surface area contributed by atoms with Gasteiger partial charge in [-0.05, 0) is 38.5 Å². The third-order valence-electron chi connectivity index (χ3n) is 6.18. The first-order valence-electron chi connectivity index (χ1n) is 10.5. The van der Waals surface area contributed by atoms with Crippen LogP contribution in [0.1, 0.15) is 90.9 Å². The first-order valence-corrected chi connectivity index (χ1v) is 10.5. The number of halogens is 2. The normalized spacial score (nSPS) is 31.1. The zero-order valence-corrected chi connectivity index (χ0v) is 16.6. The Bertz CT molecular complexity index is 522. The largest absolute Gasteiger partial charge is 0.361 e. The molecule has 0 spiro atoms. The van der Waals surface area contributed by atoms with Crippen LogP contribution in [0.15, 0.2) is 0 Å². The molecule has 0 aromatic heterocycles. The van der Waals surface area contributed by atoms with Crippen molar-refractivity contribution >= 4 is 11.6 Å². The van der Waals surface area contributed by atoms with E-state index < -0.39 is 24.2 Å². The van der Waals surface area contributed by atoms with Crippen molar-refractivity contribution in [3.63, 3.8) is 0 Å². The number of rotatable bonds is 11. The van der Waals surface area contributed by atoms with Gasteiger partial charge in [0.2, 0.25) is 5.79 Å². The highest BCUT2D eigenvalue weighted by molar-refractivity contribution is 5.84. The van der Waals surface area contributed by atoms with Crippen molar-refractivity contribution in [3.8, 4) is 0 Å². The third kappa shape index (κ3) is 5.57. The van der Waals surface area contributed by atoms with Crippen molar-refractivity contribution in [2.75, 3.05) is 0 Å². The molecule has 1 saturated carbocycles. The van der Waals surface area contributed by atoms with Gasteiger partial charge in [0.1, 0.15) is 11.6 Å². The van der Waals surface area contributed by atoms with E-state index in [0.717, 1.165) is 32.1 Å². The Morgan fingerprint density at radius 3 is 2.63 bits per heavy atom. The van der Waals surface area contributed by atoms with Crippen LogP contribution in [0, 0.1) is 11.8 Å². The summed E-state index contributed by atoms with van der Waals surface area (Å²) in [7, 11) is 0. The molecule has 0 aromatic rings. The smallest absolute Gasteiger partial charge is 0.300 e. The lowest BCUT2D eigenvalue weighted by Crippen LogP contribution is -2.55. The van der Waals surface area contributed by atoms with Crippen LogP contribution in [0.25, 0.3) is 0 Å². The lowest BCUT2D eigenvalue weighted by atomic mass is 9.81. The number of Topliss-reactive ketones (excluding diaryl/α,β-unsaturated/α-hetero) is 2. The summed E-state index contributed by atoms with van der Waals surface area (Å²) in [5.41, 5.74) is 0. The maximum absolute atomic E-state index is 14.4. The summed E-state index contributed by atoms with van der Waals surface area (Å²) in [6, 6.07) is 0. The van der Waals surface area contributed by atoms with E-state index >= 15 is 0 Å². The molecule has 2 aliphatic rings. The summed E-state index contributed by atoms with van der Waals surface area (Å²) >= 11 is 0. The molecule has 1 saturated heterocycles. The summed E-state index contributed by atoms with van der Waals surface area (Å²) in [6.07, 6.45) is 5.45. The fraction of sp³-hybridized carbons (Fsp3) is 0.905. The molecule has 27 heavy (non-hydrogen) atoms. The molecule has 156 valence electrons. The Kier molecular flexibility index (Phi) is 7.93. The van der Waals surface area contributed by atoms with Gasteiger partial charge in [-0.15, -0.1) is 0 Å². The predicted octanol–water partition coefficient (Wildman–Crippen LogP) is 4.81. The minimum atomic E-state index is -3.29. The molecule has 0 amide bonds. The van der Waals surface area contributed by atoms with E-state index in [1.807, 2.05) is 6.92 Å². The van der Waals surface area contributed by atoms with E-state index in [0.29, 0.717) is 25.7 Å². The highest BCUT2D eigenvalue weighted by Crippen LogP contribution is 2.49. The highest BCUT2D eigenvalue weighted by Gasteiger charge is 2.59. The number of hydrogen-bond acceptors (Lipinski definition) is 4. The Labute approximate surface area is 161 Å². The molecular weight excluding hydrogens is 354 g/mol. The lowest BCUT2D eigenvalue weighted by molar-refractivity contribution is -0.356. The number of ketones is 2. The SMILES string of the molecule is CCCCC(F)(F)[C@@]1(O)CC[C@H]2[C@@H](CC(=O)[C@@H]2CCCCCCC(C)=O)O1. The number of aliphatic hydroxyl groups is 1. The Morgan fingerprint density at radius 2 is 1.96 bits per heavy atom. The second-order valence-electron chi connectivity index (χ2n) is 8.38. The Hall–Kier alpha value is -0.880. The second-order valence-corrected chi connectivity index (χ2v) is 8.38. The fourth-order valence-electron chi connectivity index (χ4n) is 4.52. The number of alkyl halides is 2. The second kappa shape index (κ2) is 9.55. The summed E-state index contributed by atoms with van der Waals surface area (Å²) in [5.74, 6) is -5.65. The monoisotopic (exact) mass is 388 g/mol. The van der Waals surface area contributed by atoms with Gasteiger partial charge >= 0.3 is 5.92 Å². The summed E-state index contributed by atoms with van der Waals surface area (Å²) in [4.78, 5) is 23.3. The van der Waals surface area contributed by atoms with Crippen molar-refractivity contribution in [2.24, 2.45) is 11.8 Å². The minimum absolute atomic E-state index is 0.0584. The Morgan fingerprint density at radius 1 is 1.26 bits per heavy atom. The van der Waals surface area contributed by atoms with E-state index in [1.165, 1.54) is 0 Å². The van der Waals surface area contributed by atoms with Crippen LogP contribution in [0.2, 0.25) is 0 Å². The third-order valence-corrected chi connectivity index (χ3v) is 6.18. The first-order chi connectivity index (χ1) is 12.7. The number of hydrogen-bond donors (Lipinski definition) is 1. The van der Waals surface area contributed by atoms with Crippen LogP contribution in [-0.2, 0) is 14.3 Å². The number of fused-ring (bicyclic) bond motifs is 1. The first kappa shape index (κ1) is 22.4. The quantitative estimate of drug-likeness (QED) is 0.516. The summed E-state index contributed by atoms with van der Waals surface area (Å²) < 4.78 is 34.3. The van der Waals surface area contributed by atoms with Crippen molar-refractivity contribution < 1.29 is 28.2 Å². The average molecular weight is 388 g/mol. The molecule has 0 aromatic carbocycles. The molecular formula is C21H34F2O4. The van der Waals surface area contributed by atoms with Crippen molar-refractivity contribution in [3.05, 3.63) is 0 Å². The van der Waals surface area contributed by atoms with E-state index in [1.54, 1.807) is 6.92 Å². The molecule has 4 nitrogen and oxygen atoms in total. The molecule has 1 heterocycles. The van der Waals surface area contributed by atoms with Gasteiger partial charge in [0.15, 0.2) is 0 Å². The maximum Gasteiger partial charge on any atom is 0.300 e. The van der Waals surface area contributed by atoms with E-state index in [2.05, 4.69) is 0 Å². The standard InChI is InChI=1S/C21H34F2O4/c1-3-4-12-20(22,23)21(26)13-11-17-16(18(25)14-19(17)27-21)10-8-6-5-7-9-15(2)24/h16-17,19,26H,3-14H2,1-2H3/t16-,17-,19-,21-/m1/s1. The molecule has 1 aliphatic heterocycles. The maximum atomic E-state index is 14.4. The van der Waals surface area contributed by atoms with E-state index in [-0.39, 0.29) is 36.2 Å². The molecule has 0 radical (unpaired) electrons. The zero-order chi connectivity index (χ0) is 20.1. The topological polar surface area (TPSA) is 63.6 Å². The number of carbonyl (C=O) groups is 2. The molecule has 0 bridgehead atoms. The van der Waals surface area contributed by atoms with Crippen LogP contribution in [0.3, 0.4) is 0 Å². The zero-order valence-electron chi connectivity index (χ0n) is 16.6. The van der Waals surface area contributed by atoms with Crippen LogP contribution in [0.5, 0.6) is 0 Å². The van der Waals surface area contributed by atoms with Crippen molar-refractivity contribution in [1.82, 2.24) is 0 Å². The minimum Gasteiger partial charge on any atom is -0.361 e. The van der Waals surface area contributed by atoms with Gasteiger partial charge in [-0.25, -0.2) is 8.78 Å². The molecule has 2 fully saturated rings. The van der Waals surface area contributed by atoms with E-state index in [9.17, 15) is 23.5 Å². The molecule has 4 atom stereocenters. The molecule has 6 heteroatoms. The van der Waals surface area contributed by atoms with Crippen LogP contribution < -0.4 is 0 Å². The van der Waals surface area contributed by atoms with Gasteiger partial charge in [-0.3, -0.25) is 4.79 Å². The number of ether oxygens (including phenoxy) is 1. The molecule has 1 N–H and O–H groups in total.